The van der Waals surface area contributed by atoms with Gasteiger partial charge in [0.25, 0.3) is 15.9 Å². The Balaban J connectivity index is 1.77. The van der Waals surface area contributed by atoms with Crippen molar-refractivity contribution in [2.24, 2.45) is 4.40 Å². The van der Waals surface area contributed by atoms with Gasteiger partial charge in [0.2, 0.25) is 0 Å². The van der Waals surface area contributed by atoms with E-state index >= 15 is 0 Å². The Kier molecular flexibility index (Phi) is 2.90. The van der Waals surface area contributed by atoms with Gasteiger partial charge in [-0.1, -0.05) is 0 Å². The summed E-state index contributed by atoms with van der Waals surface area (Å²) in [6.07, 6.45) is 5.19. The van der Waals surface area contributed by atoms with E-state index in [1.165, 1.54) is 18.4 Å². The van der Waals surface area contributed by atoms with Gasteiger partial charge in [-0.2, -0.15) is 0 Å². The van der Waals surface area contributed by atoms with Crippen LogP contribution in [0.4, 0.5) is 0 Å². The smallest absolute Gasteiger partial charge is 0.329 e. The van der Waals surface area contributed by atoms with Crippen LogP contribution in [0.3, 0.4) is 0 Å². The van der Waals surface area contributed by atoms with Crippen LogP contribution in [0, 0.1) is 0 Å². The number of amides is 1. The van der Waals surface area contributed by atoms with Gasteiger partial charge in [0.05, 0.1) is 11.3 Å². The molecule has 112 valence electrons. The molecule has 2 aliphatic heterocycles. The molecular weight excluding hydrogens is 298 g/mol. The number of nitrogens with one attached hydrogen (secondary N) is 1. The second-order valence-corrected chi connectivity index (χ2v) is 6.94. The normalized spacial score (nSPS) is 24.5. The topological polar surface area (TPSA) is 116 Å². The minimum Gasteiger partial charge on any atom is -0.480 e. The van der Waals surface area contributed by atoms with Crippen molar-refractivity contribution in [1.29, 1.82) is 0 Å². The van der Waals surface area contributed by atoms with Crippen molar-refractivity contribution in [2.75, 3.05) is 12.3 Å². The molecule has 21 heavy (non-hydrogen) atoms. The van der Waals surface area contributed by atoms with Crippen molar-refractivity contribution >= 4 is 27.7 Å². The number of carboxylic acid groups (broad SMARTS) is 1. The highest BCUT2D eigenvalue weighted by Gasteiger charge is 2.51. The number of hydrogen-bond donors (Lipinski definition) is 2. The quantitative estimate of drug-likeness (QED) is 0.706. The van der Waals surface area contributed by atoms with Crippen LogP contribution in [0.25, 0.3) is 0 Å². The van der Waals surface area contributed by atoms with E-state index in [1.807, 2.05) is 0 Å². The summed E-state index contributed by atoms with van der Waals surface area (Å²) in [5, 5.41) is 11.6. The highest BCUT2D eigenvalue weighted by Crippen LogP contribution is 2.35. The lowest BCUT2D eigenvalue weighted by atomic mass is 10.1. The maximum atomic E-state index is 12.1. The molecule has 1 saturated carbocycles. The lowest BCUT2D eigenvalue weighted by Gasteiger charge is -2.27. The van der Waals surface area contributed by atoms with Crippen LogP contribution in [0.1, 0.15) is 12.8 Å². The van der Waals surface area contributed by atoms with Crippen molar-refractivity contribution in [1.82, 2.24) is 10.2 Å². The van der Waals surface area contributed by atoms with E-state index in [1.54, 1.807) is 4.90 Å². The van der Waals surface area contributed by atoms with E-state index in [0.29, 0.717) is 12.8 Å². The van der Waals surface area contributed by atoms with Gasteiger partial charge in [-0.25, -0.2) is 13.2 Å². The Morgan fingerprint density at radius 3 is 2.67 bits per heavy atom. The third kappa shape index (κ3) is 2.56. The third-order valence-corrected chi connectivity index (χ3v) is 4.76. The zero-order valence-electron chi connectivity index (χ0n) is 10.9. The van der Waals surface area contributed by atoms with Gasteiger partial charge >= 0.3 is 5.97 Å². The Morgan fingerprint density at radius 2 is 2.05 bits per heavy atom. The molecule has 3 aliphatic rings. The van der Waals surface area contributed by atoms with Crippen LogP contribution in [-0.4, -0.2) is 54.0 Å². The number of amidine groups is 1. The van der Waals surface area contributed by atoms with E-state index in [4.69, 9.17) is 5.11 Å². The van der Waals surface area contributed by atoms with E-state index in [9.17, 15) is 18.0 Å². The largest absolute Gasteiger partial charge is 0.480 e. The van der Waals surface area contributed by atoms with Crippen LogP contribution in [0.5, 0.6) is 0 Å². The molecule has 0 aromatic heterocycles. The molecule has 2 N–H and O–H groups in total. The van der Waals surface area contributed by atoms with Crippen molar-refractivity contribution < 1.29 is 23.1 Å². The van der Waals surface area contributed by atoms with Crippen molar-refractivity contribution in [2.45, 2.75) is 18.4 Å². The van der Waals surface area contributed by atoms with Crippen molar-refractivity contribution in [3.63, 3.8) is 0 Å². The Hall–Kier alpha value is -2.16. The van der Waals surface area contributed by atoms with Gasteiger partial charge in [-0.05, 0) is 25.0 Å². The zero-order chi connectivity index (χ0) is 15.3. The van der Waals surface area contributed by atoms with E-state index in [0.717, 1.165) is 0 Å². The molecule has 0 aromatic carbocycles. The first-order chi connectivity index (χ1) is 9.81. The molecule has 8 nitrogen and oxygen atoms in total. The average molecular weight is 311 g/mol. The minimum atomic E-state index is -3.43. The number of aliphatic carboxylic acids is 1. The van der Waals surface area contributed by atoms with Crippen LogP contribution in [0.15, 0.2) is 28.3 Å². The van der Waals surface area contributed by atoms with E-state index in [-0.39, 0.29) is 23.7 Å². The second-order valence-electron chi connectivity index (χ2n) is 5.19. The van der Waals surface area contributed by atoms with Gasteiger partial charge < -0.3 is 15.3 Å². The predicted molar refractivity (Wildman–Crippen MR) is 72.9 cm³/mol. The van der Waals surface area contributed by atoms with Crippen LogP contribution < -0.4 is 5.32 Å². The number of hydrogen-bond acceptors (Lipinski definition) is 5. The van der Waals surface area contributed by atoms with Crippen LogP contribution in [-0.2, 0) is 19.6 Å². The van der Waals surface area contributed by atoms with Gasteiger partial charge in [0, 0.05) is 12.7 Å². The van der Waals surface area contributed by atoms with Gasteiger partial charge in [0.15, 0.2) is 0 Å². The summed E-state index contributed by atoms with van der Waals surface area (Å²) in [6.45, 7) is 0.215. The number of sulfonamides is 1. The molecule has 9 heteroatoms. The predicted octanol–water partition coefficient (Wildman–Crippen LogP) is -0.783. The Labute approximate surface area is 120 Å². The summed E-state index contributed by atoms with van der Waals surface area (Å²) in [5.74, 6) is -1.38. The molecule has 1 aliphatic carbocycles. The summed E-state index contributed by atoms with van der Waals surface area (Å²) in [6, 6.07) is 0. The molecule has 0 spiro atoms. The SMILES string of the molecule is O=C(NC1(C(=O)O)CC1)C1=CN2CCS(=O)(=O)N=C2C=C1. The molecule has 1 fully saturated rings. The number of carbonyl (C=O) groups excluding carboxylic acids is 1. The average Bonchev–Trinajstić information content (AvgIpc) is 3.18. The fraction of sp³-hybridized carbons (Fsp3) is 0.417. The zero-order valence-corrected chi connectivity index (χ0v) is 11.8. The number of rotatable bonds is 3. The maximum absolute atomic E-state index is 12.1. The maximum Gasteiger partial charge on any atom is 0.329 e. The number of nitrogens with zero attached hydrogens (tertiary/aromatic N) is 2. The lowest BCUT2D eigenvalue weighted by Crippen LogP contribution is -2.44. The minimum absolute atomic E-state index is 0.116. The molecule has 1 amide bonds. The fourth-order valence-electron chi connectivity index (χ4n) is 2.14. The first kappa shape index (κ1) is 13.8. The molecule has 0 atom stereocenters. The number of carbonyl (C=O) groups is 2. The molecule has 0 unspecified atom stereocenters. The summed E-state index contributed by atoms with van der Waals surface area (Å²) in [7, 11) is -3.43. The standard InChI is InChI=1S/C12H13N3O5S/c16-10(13-12(3-4-12)11(17)18)8-1-2-9-14-21(19,20)6-5-15(9)7-8/h1-2,7H,3-6H2,(H,13,16)(H,17,18). The summed E-state index contributed by atoms with van der Waals surface area (Å²) in [4.78, 5) is 24.7. The molecule has 0 saturated heterocycles. The Morgan fingerprint density at radius 1 is 1.33 bits per heavy atom. The van der Waals surface area contributed by atoms with Crippen LogP contribution in [0.2, 0.25) is 0 Å². The summed E-state index contributed by atoms with van der Waals surface area (Å²) in [5.41, 5.74) is -0.869. The highest BCUT2D eigenvalue weighted by molar-refractivity contribution is 7.90. The van der Waals surface area contributed by atoms with E-state index < -0.39 is 27.4 Å². The third-order valence-electron chi connectivity index (χ3n) is 3.60. The van der Waals surface area contributed by atoms with Crippen molar-refractivity contribution in [3.05, 3.63) is 23.9 Å². The lowest BCUT2D eigenvalue weighted by molar-refractivity contribution is -0.142. The molecule has 3 rings (SSSR count). The molecular formula is C12H13N3O5S. The van der Waals surface area contributed by atoms with Crippen LogP contribution >= 0.6 is 0 Å². The van der Waals surface area contributed by atoms with Crippen molar-refractivity contribution in [3.8, 4) is 0 Å². The molecule has 0 bridgehead atoms. The van der Waals surface area contributed by atoms with Gasteiger partial charge in [0.1, 0.15) is 11.4 Å². The highest BCUT2D eigenvalue weighted by atomic mass is 32.2. The van der Waals surface area contributed by atoms with Gasteiger partial charge in [-0.3, -0.25) is 4.79 Å². The monoisotopic (exact) mass is 311 g/mol. The Bertz CT molecular complexity index is 715. The first-order valence-electron chi connectivity index (χ1n) is 6.36. The second kappa shape index (κ2) is 4.42. The summed E-state index contributed by atoms with van der Waals surface area (Å²) < 4.78 is 26.4. The fourth-order valence-corrected chi connectivity index (χ4v) is 3.11. The molecule has 0 radical (unpaired) electrons. The van der Waals surface area contributed by atoms with E-state index in [2.05, 4.69) is 9.71 Å². The molecule has 0 aromatic rings. The van der Waals surface area contributed by atoms with Gasteiger partial charge in [-0.15, -0.1) is 4.40 Å². The number of fused-ring (bicyclic) bond motifs is 1. The molecule has 2 heterocycles. The number of carboxylic acids is 1. The summed E-state index contributed by atoms with van der Waals surface area (Å²) >= 11 is 0. The first-order valence-corrected chi connectivity index (χ1v) is 7.97.